The Hall–Kier alpha value is -0.810. The molecule has 1 atom stereocenters. The highest BCUT2D eigenvalue weighted by molar-refractivity contribution is 5.74. The zero-order valence-electron chi connectivity index (χ0n) is 10.8. The molecule has 0 radical (unpaired) electrons. The summed E-state index contributed by atoms with van der Waals surface area (Å²) in [6, 6.07) is 0.528. The largest absolute Gasteiger partial charge is 0.337 e. The molecule has 1 rings (SSSR count). The van der Waals surface area contributed by atoms with Crippen LogP contribution < -0.4 is 10.6 Å². The molecule has 0 aromatic carbocycles. The summed E-state index contributed by atoms with van der Waals surface area (Å²) in [5.74, 6) is 0. The number of likely N-dealkylation sites (N-methyl/N-ethyl adjacent to an activating group) is 2. The minimum Gasteiger partial charge on any atom is -0.337 e. The third kappa shape index (κ3) is 4.37. The van der Waals surface area contributed by atoms with Gasteiger partial charge in [-0.3, -0.25) is 4.90 Å². The van der Waals surface area contributed by atoms with Crippen LogP contribution >= 0.6 is 0 Å². The normalized spacial score (nSPS) is 23.4. The van der Waals surface area contributed by atoms with Gasteiger partial charge in [0.1, 0.15) is 0 Å². The maximum absolute atomic E-state index is 11.4. The van der Waals surface area contributed by atoms with Crippen LogP contribution in [0.1, 0.15) is 13.8 Å². The van der Waals surface area contributed by atoms with Gasteiger partial charge in [0, 0.05) is 38.3 Å². The first kappa shape index (κ1) is 13.3. The third-order valence-corrected chi connectivity index (χ3v) is 2.90. The second-order valence-corrected chi connectivity index (χ2v) is 4.91. The van der Waals surface area contributed by atoms with Crippen molar-refractivity contribution in [3.8, 4) is 0 Å². The van der Waals surface area contributed by atoms with Gasteiger partial charge in [-0.25, -0.2) is 4.79 Å². The highest BCUT2D eigenvalue weighted by Gasteiger charge is 2.22. The predicted molar refractivity (Wildman–Crippen MR) is 65.6 cm³/mol. The van der Waals surface area contributed by atoms with Crippen molar-refractivity contribution in [3.63, 3.8) is 0 Å². The van der Waals surface area contributed by atoms with E-state index in [2.05, 4.69) is 34.5 Å². The van der Waals surface area contributed by atoms with Crippen LogP contribution in [0.25, 0.3) is 0 Å². The zero-order chi connectivity index (χ0) is 12.1. The highest BCUT2D eigenvalue weighted by atomic mass is 16.2. The molecule has 1 fully saturated rings. The maximum Gasteiger partial charge on any atom is 0.315 e. The molecule has 5 nitrogen and oxygen atoms in total. The second-order valence-electron chi connectivity index (χ2n) is 4.91. The Bertz CT molecular complexity index is 232. The Kier molecular flexibility index (Phi) is 5.02. The van der Waals surface area contributed by atoms with Crippen molar-refractivity contribution in [1.82, 2.24) is 20.4 Å². The maximum atomic E-state index is 11.4. The molecule has 16 heavy (non-hydrogen) atoms. The first-order valence-electron chi connectivity index (χ1n) is 5.92. The van der Waals surface area contributed by atoms with E-state index in [1.54, 1.807) is 0 Å². The van der Waals surface area contributed by atoms with Crippen molar-refractivity contribution in [2.24, 2.45) is 0 Å². The number of carbonyl (C=O) groups is 1. The molecular formula is C11H24N4O. The summed E-state index contributed by atoms with van der Waals surface area (Å²) in [5.41, 5.74) is 0. The van der Waals surface area contributed by atoms with Crippen molar-refractivity contribution in [2.45, 2.75) is 25.9 Å². The van der Waals surface area contributed by atoms with Crippen LogP contribution in [0, 0.1) is 0 Å². The lowest BCUT2D eigenvalue weighted by Crippen LogP contribution is -2.55. The Morgan fingerprint density at radius 3 is 2.69 bits per heavy atom. The minimum absolute atomic E-state index is 0.0726. The monoisotopic (exact) mass is 228 g/mol. The van der Waals surface area contributed by atoms with Crippen LogP contribution in [0.4, 0.5) is 4.79 Å². The number of urea groups is 1. The van der Waals surface area contributed by atoms with Crippen molar-refractivity contribution >= 4 is 6.03 Å². The van der Waals surface area contributed by atoms with Gasteiger partial charge in [-0.2, -0.15) is 0 Å². The molecule has 0 aromatic heterocycles. The Balaban J connectivity index is 2.27. The van der Waals surface area contributed by atoms with E-state index in [0.29, 0.717) is 12.6 Å². The van der Waals surface area contributed by atoms with Gasteiger partial charge >= 0.3 is 6.03 Å². The lowest BCUT2D eigenvalue weighted by molar-refractivity contribution is 0.114. The van der Waals surface area contributed by atoms with Gasteiger partial charge < -0.3 is 15.5 Å². The van der Waals surface area contributed by atoms with E-state index < -0.39 is 0 Å². The molecule has 0 aliphatic carbocycles. The van der Waals surface area contributed by atoms with Crippen molar-refractivity contribution in [1.29, 1.82) is 0 Å². The average molecular weight is 228 g/mol. The van der Waals surface area contributed by atoms with E-state index in [1.165, 1.54) is 0 Å². The molecule has 1 aliphatic heterocycles. The number of carbonyl (C=O) groups excluding carboxylic acids is 1. The number of amides is 2. The summed E-state index contributed by atoms with van der Waals surface area (Å²) in [6.45, 7) is 7.80. The number of nitrogens with one attached hydrogen (secondary N) is 2. The Morgan fingerprint density at radius 1 is 1.38 bits per heavy atom. The standard InChI is InChI=1S/C11H24N4O/c1-9(2)13-11(16)12-7-10-8-14(3)5-6-15(10)4/h9-10H,5-8H2,1-4H3,(H2,12,13,16). The van der Waals surface area contributed by atoms with Crippen LogP contribution in [0.2, 0.25) is 0 Å². The van der Waals surface area contributed by atoms with Crippen molar-refractivity contribution in [3.05, 3.63) is 0 Å². The van der Waals surface area contributed by atoms with Crippen LogP contribution in [-0.4, -0.2) is 68.2 Å². The number of piperazine rings is 1. The van der Waals surface area contributed by atoms with E-state index in [1.807, 2.05) is 13.8 Å². The third-order valence-electron chi connectivity index (χ3n) is 2.90. The summed E-state index contributed by atoms with van der Waals surface area (Å²) in [4.78, 5) is 16.0. The van der Waals surface area contributed by atoms with Crippen LogP contribution in [0.3, 0.4) is 0 Å². The Labute approximate surface area is 98.2 Å². The number of rotatable bonds is 3. The fourth-order valence-corrected chi connectivity index (χ4v) is 1.85. The van der Waals surface area contributed by atoms with Gasteiger partial charge in [-0.1, -0.05) is 0 Å². The molecule has 2 N–H and O–H groups in total. The summed E-state index contributed by atoms with van der Waals surface area (Å²) in [7, 11) is 4.23. The number of hydrogen-bond donors (Lipinski definition) is 2. The minimum atomic E-state index is -0.0726. The molecule has 1 heterocycles. The van der Waals surface area contributed by atoms with Gasteiger partial charge in [0.15, 0.2) is 0 Å². The van der Waals surface area contributed by atoms with Gasteiger partial charge in [-0.05, 0) is 27.9 Å². The molecule has 94 valence electrons. The molecule has 2 amide bonds. The molecule has 0 spiro atoms. The van der Waals surface area contributed by atoms with E-state index >= 15 is 0 Å². The molecule has 1 aliphatic rings. The number of nitrogens with zero attached hydrogens (tertiary/aromatic N) is 2. The van der Waals surface area contributed by atoms with E-state index in [0.717, 1.165) is 19.6 Å². The molecule has 0 aromatic rings. The predicted octanol–water partition coefficient (Wildman–Crippen LogP) is -0.0602. The second kappa shape index (κ2) is 6.06. The quantitative estimate of drug-likeness (QED) is 0.711. The van der Waals surface area contributed by atoms with Crippen LogP contribution in [0.5, 0.6) is 0 Å². The fraction of sp³-hybridized carbons (Fsp3) is 0.909. The lowest BCUT2D eigenvalue weighted by Gasteiger charge is -2.37. The van der Waals surface area contributed by atoms with Crippen molar-refractivity contribution < 1.29 is 4.79 Å². The molecular weight excluding hydrogens is 204 g/mol. The SMILES string of the molecule is CC(C)NC(=O)NCC1CN(C)CCN1C. The summed E-state index contributed by atoms with van der Waals surface area (Å²) < 4.78 is 0. The van der Waals surface area contributed by atoms with Gasteiger partial charge in [-0.15, -0.1) is 0 Å². The van der Waals surface area contributed by atoms with Crippen LogP contribution in [0.15, 0.2) is 0 Å². The first-order chi connectivity index (χ1) is 7.49. The summed E-state index contributed by atoms with van der Waals surface area (Å²) in [5, 5.41) is 5.74. The first-order valence-corrected chi connectivity index (χ1v) is 5.92. The summed E-state index contributed by atoms with van der Waals surface area (Å²) >= 11 is 0. The van der Waals surface area contributed by atoms with Crippen LogP contribution in [-0.2, 0) is 0 Å². The average Bonchev–Trinajstić information content (AvgIpc) is 2.18. The molecule has 0 bridgehead atoms. The lowest BCUT2D eigenvalue weighted by atomic mass is 10.2. The van der Waals surface area contributed by atoms with Crippen molar-refractivity contribution in [2.75, 3.05) is 40.3 Å². The molecule has 5 heteroatoms. The van der Waals surface area contributed by atoms with E-state index in [4.69, 9.17) is 0 Å². The van der Waals surface area contributed by atoms with Gasteiger partial charge in [0.05, 0.1) is 0 Å². The van der Waals surface area contributed by atoms with Gasteiger partial charge in [0.25, 0.3) is 0 Å². The number of hydrogen-bond acceptors (Lipinski definition) is 3. The summed E-state index contributed by atoms with van der Waals surface area (Å²) in [6.07, 6.45) is 0. The highest BCUT2D eigenvalue weighted by Crippen LogP contribution is 2.04. The fourth-order valence-electron chi connectivity index (χ4n) is 1.85. The molecule has 1 unspecified atom stereocenters. The molecule has 1 saturated heterocycles. The topological polar surface area (TPSA) is 47.6 Å². The van der Waals surface area contributed by atoms with E-state index in [-0.39, 0.29) is 12.1 Å². The Morgan fingerprint density at radius 2 is 2.06 bits per heavy atom. The molecule has 0 saturated carbocycles. The van der Waals surface area contributed by atoms with Gasteiger partial charge in [0.2, 0.25) is 0 Å². The smallest absolute Gasteiger partial charge is 0.315 e. The van der Waals surface area contributed by atoms with E-state index in [9.17, 15) is 4.79 Å². The zero-order valence-corrected chi connectivity index (χ0v) is 10.8.